The van der Waals surface area contributed by atoms with Crippen molar-refractivity contribution < 1.29 is 9.90 Å². The summed E-state index contributed by atoms with van der Waals surface area (Å²) in [5.74, 6) is -0.892. The quantitative estimate of drug-likeness (QED) is 0.880. The monoisotopic (exact) mass is 286 g/mol. The molecule has 1 aromatic heterocycles. The van der Waals surface area contributed by atoms with E-state index in [1.54, 1.807) is 12.1 Å². The molecule has 2 N–H and O–H groups in total. The van der Waals surface area contributed by atoms with E-state index in [4.69, 9.17) is 5.11 Å². The molecule has 0 aliphatic heterocycles. The third kappa shape index (κ3) is 3.10. The van der Waals surface area contributed by atoms with Crippen molar-refractivity contribution in [2.75, 3.05) is 5.32 Å². The number of nitrogens with zero attached hydrogens (tertiary/aromatic N) is 1. The Hall–Kier alpha value is -2.23. The van der Waals surface area contributed by atoms with Gasteiger partial charge in [-0.1, -0.05) is 0 Å². The van der Waals surface area contributed by atoms with Gasteiger partial charge in [-0.2, -0.15) is 0 Å². The van der Waals surface area contributed by atoms with E-state index in [1.807, 2.05) is 13.0 Å². The second-order valence-corrected chi connectivity index (χ2v) is 5.33. The van der Waals surface area contributed by atoms with Crippen LogP contribution in [0, 0.1) is 20.8 Å². The van der Waals surface area contributed by atoms with E-state index >= 15 is 0 Å². The van der Waals surface area contributed by atoms with Crippen LogP contribution in [0.15, 0.2) is 24.3 Å². The van der Waals surface area contributed by atoms with Crippen LogP contribution in [0.2, 0.25) is 0 Å². The molecule has 0 aliphatic carbocycles. The molecular weight excluding hydrogens is 264 g/mol. The lowest BCUT2D eigenvalue weighted by Crippen LogP contribution is -2.05. The molecule has 2 aromatic rings. The standard InChI is InChI=1S/C17H22N2O2/c1-5-19-12(3)9-15(13(19)4)10-18-16-7-6-14(17(20)21)8-11(16)2/h6-9,18H,5,10H2,1-4H3,(H,20,21). The second kappa shape index (κ2) is 6.04. The van der Waals surface area contributed by atoms with E-state index in [0.717, 1.165) is 24.3 Å². The maximum atomic E-state index is 10.9. The molecule has 0 atom stereocenters. The summed E-state index contributed by atoms with van der Waals surface area (Å²) in [5.41, 5.74) is 6.06. The molecule has 4 heteroatoms. The van der Waals surface area contributed by atoms with Crippen LogP contribution in [-0.2, 0) is 13.1 Å². The van der Waals surface area contributed by atoms with Crippen molar-refractivity contribution in [2.24, 2.45) is 0 Å². The third-order valence-corrected chi connectivity index (χ3v) is 3.94. The van der Waals surface area contributed by atoms with Crippen LogP contribution < -0.4 is 5.32 Å². The van der Waals surface area contributed by atoms with Crippen LogP contribution in [0.5, 0.6) is 0 Å². The topological polar surface area (TPSA) is 54.3 Å². The van der Waals surface area contributed by atoms with Crippen LogP contribution in [-0.4, -0.2) is 15.6 Å². The smallest absolute Gasteiger partial charge is 0.335 e. The molecule has 112 valence electrons. The minimum absolute atomic E-state index is 0.321. The van der Waals surface area contributed by atoms with Gasteiger partial charge in [0.05, 0.1) is 5.56 Å². The molecule has 0 saturated carbocycles. The van der Waals surface area contributed by atoms with E-state index in [2.05, 4.69) is 36.7 Å². The molecule has 2 rings (SSSR count). The van der Waals surface area contributed by atoms with Gasteiger partial charge < -0.3 is 15.0 Å². The van der Waals surface area contributed by atoms with Crippen molar-refractivity contribution in [3.05, 3.63) is 52.3 Å². The molecule has 0 bridgehead atoms. The fourth-order valence-corrected chi connectivity index (χ4v) is 2.72. The lowest BCUT2D eigenvalue weighted by molar-refractivity contribution is 0.0697. The Bertz CT molecular complexity index is 672. The number of carboxylic acids is 1. The number of aromatic carboxylic acids is 1. The Morgan fingerprint density at radius 2 is 1.95 bits per heavy atom. The Morgan fingerprint density at radius 3 is 2.48 bits per heavy atom. The van der Waals surface area contributed by atoms with Gasteiger partial charge in [0.25, 0.3) is 0 Å². The molecule has 0 fully saturated rings. The summed E-state index contributed by atoms with van der Waals surface area (Å²) < 4.78 is 2.29. The van der Waals surface area contributed by atoms with Gasteiger partial charge in [-0.3, -0.25) is 0 Å². The number of aromatic nitrogens is 1. The van der Waals surface area contributed by atoms with E-state index in [-0.39, 0.29) is 0 Å². The largest absolute Gasteiger partial charge is 0.478 e. The number of nitrogens with one attached hydrogen (secondary N) is 1. The highest BCUT2D eigenvalue weighted by molar-refractivity contribution is 5.88. The molecule has 0 radical (unpaired) electrons. The fraction of sp³-hybridized carbons (Fsp3) is 0.353. The molecule has 0 spiro atoms. The maximum Gasteiger partial charge on any atom is 0.335 e. The zero-order valence-corrected chi connectivity index (χ0v) is 13.0. The summed E-state index contributed by atoms with van der Waals surface area (Å²) in [4.78, 5) is 10.9. The minimum atomic E-state index is -0.892. The SMILES string of the molecule is CCn1c(C)cc(CNc2ccc(C(=O)O)cc2C)c1C. The first kappa shape index (κ1) is 15.2. The Kier molecular flexibility index (Phi) is 4.36. The third-order valence-electron chi connectivity index (χ3n) is 3.94. The maximum absolute atomic E-state index is 10.9. The van der Waals surface area contributed by atoms with Gasteiger partial charge >= 0.3 is 5.97 Å². The number of carbonyl (C=O) groups is 1. The summed E-state index contributed by atoms with van der Waals surface area (Å²) >= 11 is 0. The van der Waals surface area contributed by atoms with E-state index in [9.17, 15) is 4.79 Å². The number of hydrogen-bond donors (Lipinski definition) is 2. The van der Waals surface area contributed by atoms with Crippen molar-refractivity contribution in [1.29, 1.82) is 0 Å². The van der Waals surface area contributed by atoms with Crippen LogP contribution in [0.1, 0.15) is 39.8 Å². The number of rotatable bonds is 5. The van der Waals surface area contributed by atoms with Gasteiger partial charge in [-0.05, 0) is 63.1 Å². The highest BCUT2D eigenvalue weighted by atomic mass is 16.4. The number of hydrogen-bond acceptors (Lipinski definition) is 2. The van der Waals surface area contributed by atoms with Gasteiger partial charge in [0.15, 0.2) is 0 Å². The highest BCUT2D eigenvalue weighted by Crippen LogP contribution is 2.20. The van der Waals surface area contributed by atoms with Crippen molar-refractivity contribution >= 4 is 11.7 Å². The Labute approximate surface area is 125 Å². The van der Waals surface area contributed by atoms with Crippen molar-refractivity contribution in [3.8, 4) is 0 Å². The summed E-state index contributed by atoms with van der Waals surface area (Å²) in [7, 11) is 0. The molecule has 1 aromatic carbocycles. The number of anilines is 1. The van der Waals surface area contributed by atoms with Gasteiger partial charge in [0, 0.05) is 30.2 Å². The van der Waals surface area contributed by atoms with Crippen LogP contribution >= 0.6 is 0 Å². The lowest BCUT2D eigenvalue weighted by atomic mass is 10.1. The molecule has 0 amide bonds. The fourth-order valence-electron chi connectivity index (χ4n) is 2.72. The summed E-state index contributed by atoms with van der Waals surface area (Å²) in [5, 5.41) is 12.4. The zero-order chi connectivity index (χ0) is 15.6. The average Bonchev–Trinajstić information content (AvgIpc) is 2.71. The lowest BCUT2D eigenvalue weighted by Gasteiger charge is -2.11. The number of benzene rings is 1. The minimum Gasteiger partial charge on any atom is -0.478 e. The molecule has 1 heterocycles. The van der Waals surface area contributed by atoms with Gasteiger partial charge in [0.2, 0.25) is 0 Å². The highest BCUT2D eigenvalue weighted by Gasteiger charge is 2.09. The first-order chi connectivity index (χ1) is 9.93. The molecule has 0 aliphatic rings. The molecule has 0 unspecified atom stereocenters. The molecular formula is C17H22N2O2. The van der Waals surface area contributed by atoms with Crippen LogP contribution in [0.4, 0.5) is 5.69 Å². The molecule has 4 nitrogen and oxygen atoms in total. The summed E-state index contributed by atoms with van der Waals surface area (Å²) in [6.45, 7) is 10.0. The Morgan fingerprint density at radius 1 is 1.24 bits per heavy atom. The van der Waals surface area contributed by atoms with Gasteiger partial charge in [-0.25, -0.2) is 4.79 Å². The van der Waals surface area contributed by atoms with Crippen LogP contribution in [0.25, 0.3) is 0 Å². The zero-order valence-electron chi connectivity index (χ0n) is 13.0. The van der Waals surface area contributed by atoms with Crippen molar-refractivity contribution in [1.82, 2.24) is 4.57 Å². The van der Waals surface area contributed by atoms with Gasteiger partial charge in [0.1, 0.15) is 0 Å². The normalized spacial score (nSPS) is 10.7. The first-order valence-corrected chi connectivity index (χ1v) is 7.17. The van der Waals surface area contributed by atoms with E-state index < -0.39 is 5.97 Å². The number of carboxylic acid groups (broad SMARTS) is 1. The van der Waals surface area contributed by atoms with Crippen molar-refractivity contribution in [3.63, 3.8) is 0 Å². The van der Waals surface area contributed by atoms with Gasteiger partial charge in [-0.15, -0.1) is 0 Å². The first-order valence-electron chi connectivity index (χ1n) is 7.17. The van der Waals surface area contributed by atoms with E-state index in [0.29, 0.717) is 5.56 Å². The average molecular weight is 286 g/mol. The predicted octanol–water partition coefficient (Wildman–Crippen LogP) is 3.74. The predicted molar refractivity (Wildman–Crippen MR) is 85.0 cm³/mol. The summed E-state index contributed by atoms with van der Waals surface area (Å²) in [6, 6.07) is 7.36. The Balaban J connectivity index is 2.15. The second-order valence-electron chi connectivity index (χ2n) is 5.33. The summed E-state index contributed by atoms with van der Waals surface area (Å²) in [6.07, 6.45) is 0. The molecule has 21 heavy (non-hydrogen) atoms. The molecule has 0 saturated heterocycles. The van der Waals surface area contributed by atoms with E-state index in [1.165, 1.54) is 17.0 Å². The van der Waals surface area contributed by atoms with Crippen LogP contribution in [0.3, 0.4) is 0 Å². The van der Waals surface area contributed by atoms with Crippen molar-refractivity contribution in [2.45, 2.75) is 40.8 Å². The number of aryl methyl sites for hydroxylation is 2.